The molecule has 3 heterocycles. The minimum Gasteiger partial charge on any atom is -0.468 e. The smallest absolute Gasteiger partial charge is 0.248 e. The quantitative estimate of drug-likeness (QED) is 0.854. The molecule has 2 aliphatic heterocycles. The molecule has 0 N–H and O–H groups in total. The van der Waals surface area contributed by atoms with E-state index in [-0.39, 0.29) is 24.2 Å². The number of amides is 1. The summed E-state index contributed by atoms with van der Waals surface area (Å²) in [6, 6.07) is 4.16. The van der Waals surface area contributed by atoms with Gasteiger partial charge in [0.25, 0.3) is 0 Å². The fraction of sp³-hybridized carbons (Fsp3) is 0.722. The van der Waals surface area contributed by atoms with Gasteiger partial charge in [-0.3, -0.25) is 9.69 Å². The van der Waals surface area contributed by atoms with Crippen molar-refractivity contribution in [3.05, 3.63) is 24.2 Å². The van der Waals surface area contributed by atoms with Crippen molar-refractivity contribution >= 4 is 5.91 Å². The van der Waals surface area contributed by atoms with Crippen LogP contribution >= 0.6 is 0 Å². The van der Waals surface area contributed by atoms with E-state index < -0.39 is 0 Å². The number of carbonyl (C=O) groups is 1. The van der Waals surface area contributed by atoms with Crippen LogP contribution in [0, 0.1) is 5.92 Å². The fourth-order valence-corrected chi connectivity index (χ4v) is 4.02. The Kier molecular flexibility index (Phi) is 3.93. The van der Waals surface area contributed by atoms with Gasteiger partial charge in [-0.2, -0.15) is 0 Å². The molecular formula is C18H26N2O3. The molecule has 3 fully saturated rings. The average Bonchev–Trinajstić information content (AvgIpc) is 3.24. The summed E-state index contributed by atoms with van der Waals surface area (Å²) in [5.74, 6) is 1.92. The molecule has 1 aliphatic carbocycles. The van der Waals surface area contributed by atoms with E-state index in [4.69, 9.17) is 9.15 Å². The molecule has 1 atom stereocenters. The van der Waals surface area contributed by atoms with Gasteiger partial charge in [0.05, 0.1) is 24.5 Å². The van der Waals surface area contributed by atoms with Crippen LogP contribution in [0.2, 0.25) is 0 Å². The molecule has 2 saturated heterocycles. The van der Waals surface area contributed by atoms with Crippen molar-refractivity contribution < 1.29 is 13.9 Å². The van der Waals surface area contributed by atoms with Gasteiger partial charge < -0.3 is 14.1 Å². The van der Waals surface area contributed by atoms with Gasteiger partial charge in [0, 0.05) is 19.6 Å². The largest absolute Gasteiger partial charge is 0.468 e. The molecule has 1 spiro atoms. The standard InChI is InChI=1S/C18H26N2O3/c1-14-18(23-13-17(21)20(14)11-15-4-5-15)6-8-19(9-7-18)12-16-3-2-10-22-16/h2-3,10,14-15H,4-9,11-13H2,1H3. The van der Waals surface area contributed by atoms with Gasteiger partial charge >= 0.3 is 0 Å². The van der Waals surface area contributed by atoms with Crippen molar-refractivity contribution in [3.8, 4) is 0 Å². The van der Waals surface area contributed by atoms with E-state index in [1.165, 1.54) is 12.8 Å². The summed E-state index contributed by atoms with van der Waals surface area (Å²) in [5, 5.41) is 0. The molecule has 4 rings (SSSR count). The normalized spacial score (nSPS) is 28.5. The number of nitrogens with zero attached hydrogens (tertiary/aromatic N) is 2. The Morgan fingerprint density at radius 3 is 2.74 bits per heavy atom. The summed E-state index contributed by atoms with van der Waals surface area (Å²) in [6.07, 6.45) is 6.27. The second-order valence-electron chi connectivity index (χ2n) is 7.37. The third-order valence-electron chi connectivity index (χ3n) is 5.85. The average molecular weight is 318 g/mol. The molecule has 1 aromatic heterocycles. The molecule has 0 bridgehead atoms. The first kappa shape index (κ1) is 15.2. The second kappa shape index (κ2) is 5.95. The van der Waals surface area contributed by atoms with Gasteiger partial charge in [-0.1, -0.05) is 0 Å². The lowest BCUT2D eigenvalue weighted by atomic mass is 9.82. The van der Waals surface area contributed by atoms with Gasteiger partial charge in [-0.15, -0.1) is 0 Å². The monoisotopic (exact) mass is 318 g/mol. The highest BCUT2D eigenvalue weighted by molar-refractivity contribution is 5.78. The van der Waals surface area contributed by atoms with Crippen molar-refractivity contribution in [1.29, 1.82) is 0 Å². The zero-order chi connectivity index (χ0) is 15.9. The second-order valence-corrected chi connectivity index (χ2v) is 7.37. The topological polar surface area (TPSA) is 45.9 Å². The van der Waals surface area contributed by atoms with Crippen molar-refractivity contribution in [2.75, 3.05) is 26.2 Å². The highest BCUT2D eigenvalue weighted by Crippen LogP contribution is 2.38. The van der Waals surface area contributed by atoms with E-state index in [0.717, 1.165) is 50.7 Å². The Labute approximate surface area is 137 Å². The highest BCUT2D eigenvalue weighted by Gasteiger charge is 2.48. The number of carbonyl (C=O) groups excluding carboxylic acids is 1. The van der Waals surface area contributed by atoms with Crippen LogP contribution in [0.1, 0.15) is 38.4 Å². The van der Waals surface area contributed by atoms with Crippen LogP contribution in [0.3, 0.4) is 0 Å². The summed E-state index contributed by atoms with van der Waals surface area (Å²) < 4.78 is 11.6. The zero-order valence-corrected chi connectivity index (χ0v) is 13.9. The Hall–Kier alpha value is -1.33. The number of likely N-dealkylation sites (tertiary alicyclic amines) is 1. The van der Waals surface area contributed by atoms with Crippen molar-refractivity contribution in [2.24, 2.45) is 5.92 Å². The summed E-state index contributed by atoms with van der Waals surface area (Å²) in [6.45, 7) is 6.23. The predicted octanol–water partition coefficient (Wildman–Crippen LogP) is 2.27. The van der Waals surface area contributed by atoms with Crippen LogP contribution in [0.4, 0.5) is 0 Å². The summed E-state index contributed by atoms with van der Waals surface area (Å²) in [5.41, 5.74) is -0.150. The molecule has 5 nitrogen and oxygen atoms in total. The first-order valence-corrected chi connectivity index (χ1v) is 8.84. The Morgan fingerprint density at radius 1 is 1.30 bits per heavy atom. The number of hydrogen-bond donors (Lipinski definition) is 0. The lowest BCUT2D eigenvalue weighted by Gasteiger charge is -2.51. The first-order chi connectivity index (χ1) is 11.2. The molecule has 0 radical (unpaired) electrons. The lowest BCUT2D eigenvalue weighted by Crippen LogP contribution is -2.64. The van der Waals surface area contributed by atoms with E-state index >= 15 is 0 Å². The minimum atomic E-state index is -0.150. The predicted molar refractivity (Wildman–Crippen MR) is 85.8 cm³/mol. The molecule has 0 aromatic carbocycles. The third-order valence-corrected chi connectivity index (χ3v) is 5.85. The number of rotatable bonds is 4. The Balaban J connectivity index is 1.39. The van der Waals surface area contributed by atoms with Crippen LogP contribution in [0.15, 0.2) is 22.8 Å². The number of morpholine rings is 1. The van der Waals surface area contributed by atoms with Crippen molar-refractivity contribution in [3.63, 3.8) is 0 Å². The van der Waals surface area contributed by atoms with E-state index in [9.17, 15) is 4.79 Å². The number of hydrogen-bond acceptors (Lipinski definition) is 4. The Morgan fingerprint density at radius 2 is 2.09 bits per heavy atom. The number of piperidine rings is 1. The number of furan rings is 1. The maximum atomic E-state index is 12.2. The fourth-order valence-electron chi connectivity index (χ4n) is 4.02. The maximum absolute atomic E-state index is 12.2. The van der Waals surface area contributed by atoms with Crippen molar-refractivity contribution in [2.45, 2.75) is 50.8 Å². The molecule has 1 aromatic rings. The molecular weight excluding hydrogens is 292 g/mol. The van der Waals surface area contributed by atoms with E-state index in [1.54, 1.807) is 6.26 Å². The summed E-state index contributed by atoms with van der Waals surface area (Å²) in [4.78, 5) is 16.8. The highest BCUT2D eigenvalue weighted by atomic mass is 16.5. The molecule has 126 valence electrons. The molecule has 1 amide bonds. The molecule has 1 unspecified atom stereocenters. The van der Waals surface area contributed by atoms with Gasteiger partial charge in [-0.05, 0) is 50.7 Å². The van der Waals surface area contributed by atoms with Crippen LogP contribution in [-0.4, -0.2) is 53.6 Å². The van der Waals surface area contributed by atoms with Gasteiger partial charge in [0.2, 0.25) is 5.91 Å². The van der Waals surface area contributed by atoms with Crippen LogP contribution < -0.4 is 0 Å². The van der Waals surface area contributed by atoms with E-state index in [1.807, 2.05) is 12.1 Å². The van der Waals surface area contributed by atoms with E-state index in [2.05, 4.69) is 16.7 Å². The first-order valence-electron chi connectivity index (χ1n) is 8.84. The van der Waals surface area contributed by atoms with Gasteiger partial charge in [0.15, 0.2) is 0 Å². The molecule has 3 aliphatic rings. The summed E-state index contributed by atoms with van der Waals surface area (Å²) >= 11 is 0. The SMILES string of the molecule is CC1N(CC2CC2)C(=O)COC12CCN(Cc1ccco1)CC2. The van der Waals surface area contributed by atoms with Crippen molar-refractivity contribution in [1.82, 2.24) is 9.80 Å². The lowest BCUT2D eigenvalue weighted by molar-refractivity contribution is -0.187. The van der Waals surface area contributed by atoms with Gasteiger partial charge in [-0.25, -0.2) is 0 Å². The molecule has 23 heavy (non-hydrogen) atoms. The number of ether oxygens (including phenoxy) is 1. The van der Waals surface area contributed by atoms with Crippen LogP contribution in [0.25, 0.3) is 0 Å². The molecule has 1 saturated carbocycles. The molecule has 5 heteroatoms. The minimum absolute atomic E-state index is 0.150. The van der Waals surface area contributed by atoms with Crippen LogP contribution in [0.5, 0.6) is 0 Å². The third kappa shape index (κ3) is 3.04. The van der Waals surface area contributed by atoms with Gasteiger partial charge in [0.1, 0.15) is 12.4 Å². The zero-order valence-electron chi connectivity index (χ0n) is 13.9. The summed E-state index contributed by atoms with van der Waals surface area (Å²) in [7, 11) is 0. The van der Waals surface area contributed by atoms with E-state index in [0.29, 0.717) is 0 Å². The van der Waals surface area contributed by atoms with Crippen LogP contribution in [-0.2, 0) is 16.1 Å². The Bertz CT molecular complexity index is 545. The maximum Gasteiger partial charge on any atom is 0.248 e.